The van der Waals surface area contributed by atoms with E-state index < -0.39 is 10.9 Å². The Morgan fingerprint density at radius 3 is 2.81 bits per heavy atom. The fourth-order valence-corrected chi connectivity index (χ4v) is 2.42. The van der Waals surface area contributed by atoms with Crippen molar-refractivity contribution in [1.82, 2.24) is 14.8 Å². The smallest absolute Gasteiger partial charge is 0.359 e. The van der Waals surface area contributed by atoms with Gasteiger partial charge in [-0.1, -0.05) is 29.3 Å². The Morgan fingerprint density at radius 1 is 1.23 bits per heavy atom. The fourth-order valence-electron chi connectivity index (χ4n) is 2.09. The first-order valence-corrected chi connectivity index (χ1v) is 7.98. The Balaban J connectivity index is 1.73. The molecule has 0 radical (unpaired) electrons. The maximum atomic E-state index is 12.1. The van der Waals surface area contributed by atoms with Gasteiger partial charge in [0.25, 0.3) is 5.69 Å². The highest BCUT2D eigenvalue weighted by Gasteiger charge is 2.15. The maximum Gasteiger partial charge on any atom is 0.359 e. The normalized spacial score (nSPS) is 10.5. The summed E-state index contributed by atoms with van der Waals surface area (Å²) in [5.74, 6) is -0.688. The number of hydrogen-bond donors (Lipinski definition) is 0. The average Bonchev–Trinajstić information content (AvgIpc) is 3.12. The van der Waals surface area contributed by atoms with Crippen LogP contribution in [0.3, 0.4) is 0 Å². The number of halogens is 2. The number of rotatable bonds is 5. The van der Waals surface area contributed by atoms with Crippen LogP contribution >= 0.6 is 23.2 Å². The van der Waals surface area contributed by atoms with E-state index in [-0.39, 0.29) is 23.1 Å². The molecule has 0 aliphatic rings. The summed E-state index contributed by atoms with van der Waals surface area (Å²) in [5.41, 5.74) is 0.724. The third-order valence-electron chi connectivity index (χ3n) is 3.33. The van der Waals surface area contributed by atoms with Gasteiger partial charge in [0.15, 0.2) is 5.69 Å². The molecule has 3 rings (SSSR count). The van der Waals surface area contributed by atoms with Gasteiger partial charge in [0.2, 0.25) is 0 Å². The van der Waals surface area contributed by atoms with Gasteiger partial charge >= 0.3 is 5.97 Å². The quantitative estimate of drug-likeness (QED) is 0.283. The molecule has 0 amide bonds. The highest BCUT2D eigenvalue weighted by Crippen LogP contribution is 2.19. The largest absolute Gasteiger partial charge is 0.454 e. The van der Waals surface area contributed by atoms with Crippen LogP contribution in [-0.4, -0.2) is 25.7 Å². The van der Waals surface area contributed by atoms with Crippen molar-refractivity contribution in [1.29, 1.82) is 0 Å². The first-order chi connectivity index (χ1) is 12.4. The molecule has 0 spiro atoms. The van der Waals surface area contributed by atoms with Crippen molar-refractivity contribution in [2.45, 2.75) is 6.61 Å². The summed E-state index contributed by atoms with van der Waals surface area (Å²) in [6.45, 7) is -0.165. The SMILES string of the molecule is O=C(OCc1nc(Cl)ccc1Cl)c1ccn(-c2cccc([N+](=O)[O-])c2)n1. The standard InChI is InChI=1S/C16H10Cl2N4O4/c17-12-4-5-15(18)19-14(12)9-26-16(23)13-6-7-21(20-13)10-2-1-3-11(8-10)22(24)25/h1-8H,9H2. The molecule has 26 heavy (non-hydrogen) atoms. The van der Waals surface area contributed by atoms with Crippen molar-refractivity contribution in [3.63, 3.8) is 0 Å². The second kappa shape index (κ2) is 7.51. The second-order valence-electron chi connectivity index (χ2n) is 5.06. The van der Waals surface area contributed by atoms with Gasteiger partial charge in [-0.2, -0.15) is 5.10 Å². The minimum Gasteiger partial charge on any atom is -0.454 e. The van der Waals surface area contributed by atoms with Crippen molar-refractivity contribution in [3.8, 4) is 5.69 Å². The van der Waals surface area contributed by atoms with Gasteiger partial charge in [-0.05, 0) is 24.3 Å². The van der Waals surface area contributed by atoms with Crippen molar-refractivity contribution in [3.05, 3.63) is 80.3 Å². The fraction of sp³-hybridized carbons (Fsp3) is 0.0625. The molecular weight excluding hydrogens is 383 g/mol. The van der Waals surface area contributed by atoms with Crippen LogP contribution in [0, 0.1) is 10.1 Å². The summed E-state index contributed by atoms with van der Waals surface area (Å²) in [6, 6.07) is 10.4. The zero-order valence-corrected chi connectivity index (χ0v) is 14.5. The van der Waals surface area contributed by atoms with Crippen LogP contribution in [0.5, 0.6) is 0 Å². The van der Waals surface area contributed by atoms with Crippen LogP contribution in [0.15, 0.2) is 48.7 Å². The van der Waals surface area contributed by atoms with E-state index in [1.165, 1.54) is 41.2 Å². The highest BCUT2D eigenvalue weighted by molar-refractivity contribution is 6.32. The third-order valence-corrected chi connectivity index (χ3v) is 3.88. The van der Waals surface area contributed by atoms with Gasteiger partial charge in [0.1, 0.15) is 11.8 Å². The Bertz CT molecular complexity index is 990. The lowest BCUT2D eigenvalue weighted by Crippen LogP contribution is -2.08. The second-order valence-corrected chi connectivity index (χ2v) is 5.86. The highest BCUT2D eigenvalue weighted by atomic mass is 35.5. The summed E-state index contributed by atoms with van der Waals surface area (Å²) in [6.07, 6.45) is 1.50. The zero-order chi connectivity index (χ0) is 18.7. The van der Waals surface area contributed by atoms with Crippen molar-refractivity contribution in [2.75, 3.05) is 0 Å². The van der Waals surface area contributed by atoms with E-state index in [9.17, 15) is 14.9 Å². The average molecular weight is 393 g/mol. The Hall–Kier alpha value is -2.97. The van der Waals surface area contributed by atoms with E-state index >= 15 is 0 Å². The summed E-state index contributed by atoms with van der Waals surface area (Å²) in [5, 5.41) is 15.5. The first kappa shape index (κ1) is 17.8. The van der Waals surface area contributed by atoms with Gasteiger partial charge in [-0.3, -0.25) is 10.1 Å². The number of non-ortho nitro benzene ring substituents is 1. The number of carbonyl (C=O) groups excluding carboxylic acids is 1. The van der Waals surface area contributed by atoms with E-state index in [0.29, 0.717) is 16.4 Å². The monoisotopic (exact) mass is 392 g/mol. The van der Waals surface area contributed by atoms with E-state index in [1.807, 2.05) is 0 Å². The molecule has 0 saturated heterocycles. The lowest BCUT2D eigenvalue weighted by molar-refractivity contribution is -0.384. The molecule has 2 heterocycles. The van der Waals surface area contributed by atoms with E-state index in [2.05, 4.69) is 10.1 Å². The molecular formula is C16H10Cl2N4O4. The molecule has 0 aliphatic carbocycles. The Labute approximate surface area is 157 Å². The number of pyridine rings is 1. The molecule has 0 saturated carbocycles. The molecule has 0 unspecified atom stereocenters. The van der Waals surface area contributed by atoms with Gasteiger partial charge in [0, 0.05) is 18.3 Å². The van der Waals surface area contributed by atoms with E-state index in [1.54, 1.807) is 12.1 Å². The minimum absolute atomic E-state index is 0.0367. The number of nitro benzene ring substituents is 1. The number of carbonyl (C=O) groups is 1. The van der Waals surface area contributed by atoms with Crippen molar-refractivity contribution >= 4 is 34.9 Å². The number of hydrogen-bond acceptors (Lipinski definition) is 6. The minimum atomic E-state index is -0.688. The summed E-state index contributed by atoms with van der Waals surface area (Å²) < 4.78 is 6.47. The molecule has 3 aromatic rings. The summed E-state index contributed by atoms with van der Waals surface area (Å²) in [7, 11) is 0. The summed E-state index contributed by atoms with van der Waals surface area (Å²) in [4.78, 5) is 26.4. The van der Waals surface area contributed by atoms with Crippen molar-refractivity contribution in [2.24, 2.45) is 0 Å². The van der Waals surface area contributed by atoms with Crippen LogP contribution < -0.4 is 0 Å². The van der Waals surface area contributed by atoms with E-state index in [4.69, 9.17) is 27.9 Å². The van der Waals surface area contributed by atoms with Crippen LogP contribution in [0.1, 0.15) is 16.2 Å². The Kier molecular flexibility index (Phi) is 5.15. The molecule has 10 heteroatoms. The number of ether oxygens (including phenoxy) is 1. The number of nitro groups is 1. The molecule has 1 aromatic carbocycles. The molecule has 0 fully saturated rings. The zero-order valence-electron chi connectivity index (χ0n) is 13.0. The predicted octanol–water partition coefficient (Wildman–Crippen LogP) is 3.84. The summed E-state index contributed by atoms with van der Waals surface area (Å²) >= 11 is 11.7. The molecule has 2 aromatic heterocycles. The molecule has 0 bridgehead atoms. The lowest BCUT2D eigenvalue weighted by Gasteiger charge is -2.05. The first-order valence-electron chi connectivity index (χ1n) is 7.22. The predicted molar refractivity (Wildman–Crippen MR) is 93.6 cm³/mol. The van der Waals surface area contributed by atoms with Gasteiger partial charge in [0.05, 0.1) is 21.3 Å². The van der Waals surface area contributed by atoms with E-state index in [0.717, 1.165) is 0 Å². The van der Waals surface area contributed by atoms with Crippen molar-refractivity contribution < 1.29 is 14.5 Å². The third kappa shape index (κ3) is 3.98. The Morgan fingerprint density at radius 2 is 2.04 bits per heavy atom. The van der Waals surface area contributed by atoms with Crippen LogP contribution in [0.4, 0.5) is 5.69 Å². The number of nitrogens with zero attached hydrogens (tertiary/aromatic N) is 4. The van der Waals surface area contributed by atoms with Gasteiger partial charge in [-0.25, -0.2) is 14.5 Å². The molecule has 8 nitrogen and oxygen atoms in total. The lowest BCUT2D eigenvalue weighted by atomic mass is 10.3. The molecule has 0 atom stereocenters. The van der Waals surface area contributed by atoms with Crippen LogP contribution in [0.25, 0.3) is 5.69 Å². The number of aromatic nitrogens is 3. The molecule has 0 N–H and O–H groups in total. The topological polar surface area (TPSA) is 100 Å². The maximum absolute atomic E-state index is 12.1. The molecule has 0 aliphatic heterocycles. The number of benzene rings is 1. The van der Waals surface area contributed by atoms with Crippen LogP contribution in [0.2, 0.25) is 10.2 Å². The molecule has 132 valence electrons. The van der Waals surface area contributed by atoms with Crippen LogP contribution in [-0.2, 0) is 11.3 Å². The number of esters is 1. The van der Waals surface area contributed by atoms with Gasteiger partial charge in [-0.15, -0.1) is 0 Å². The van der Waals surface area contributed by atoms with Gasteiger partial charge < -0.3 is 4.74 Å².